The Labute approximate surface area is 180 Å². The van der Waals surface area contributed by atoms with Crippen LogP contribution >= 0.6 is 11.6 Å². The van der Waals surface area contributed by atoms with Crippen LogP contribution in [-0.2, 0) is 11.3 Å². The van der Waals surface area contributed by atoms with Crippen molar-refractivity contribution >= 4 is 23.6 Å². The summed E-state index contributed by atoms with van der Waals surface area (Å²) in [7, 11) is 4.58. The molecule has 0 atom stereocenters. The molecule has 0 fully saturated rings. The summed E-state index contributed by atoms with van der Waals surface area (Å²) in [5.74, 6) is 1.50. The number of ether oxygens (including phenoxy) is 4. The molecule has 0 aromatic heterocycles. The van der Waals surface area contributed by atoms with E-state index in [0.717, 1.165) is 5.56 Å². The highest BCUT2D eigenvalue weighted by molar-refractivity contribution is 6.32. The average Bonchev–Trinajstić information content (AvgIpc) is 2.77. The third-order valence-corrected chi connectivity index (χ3v) is 4.43. The van der Waals surface area contributed by atoms with Gasteiger partial charge in [0, 0.05) is 18.2 Å². The highest BCUT2D eigenvalue weighted by Crippen LogP contribution is 2.37. The lowest BCUT2D eigenvalue weighted by atomic mass is 10.1. The van der Waals surface area contributed by atoms with E-state index in [2.05, 4.69) is 5.32 Å². The zero-order valence-electron chi connectivity index (χ0n) is 17.2. The van der Waals surface area contributed by atoms with Crippen molar-refractivity contribution in [1.82, 2.24) is 5.32 Å². The van der Waals surface area contributed by atoms with Crippen LogP contribution in [0.5, 0.6) is 23.0 Å². The summed E-state index contributed by atoms with van der Waals surface area (Å²) < 4.78 is 21.3. The third kappa shape index (κ3) is 5.58. The van der Waals surface area contributed by atoms with Gasteiger partial charge in [0.25, 0.3) is 5.91 Å². The van der Waals surface area contributed by atoms with Crippen molar-refractivity contribution < 1.29 is 23.7 Å². The van der Waals surface area contributed by atoms with Gasteiger partial charge >= 0.3 is 0 Å². The van der Waals surface area contributed by atoms with Crippen LogP contribution in [0.25, 0.3) is 6.08 Å². The van der Waals surface area contributed by atoms with Crippen LogP contribution in [0.3, 0.4) is 0 Å². The average molecular weight is 431 g/mol. The minimum absolute atomic E-state index is 0.0789. The number of rotatable bonds is 9. The van der Waals surface area contributed by atoms with Gasteiger partial charge in [-0.15, -0.1) is 0 Å². The van der Waals surface area contributed by atoms with E-state index < -0.39 is 5.91 Å². The van der Waals surface area contributed by atoms with Crippen molar-refractivity contribution in [2.45, 2.75) is 13.5 Å². The molecule has 0 aliphatic carbocycles. The van der Waals surface area contributed by atoms with Gasteiger partial charge in [0.05, 0.1) is 33.0 Å². The third-order valence-electron chi connectivity index (χ3n) is 4.15. The fourth-order valence-electron chi connectivity index (χ4n) is 2.69. The topological polar surface area (TPSA) is 89.8 Å². The molecule has 158 valence electrons. The first-order valence-electron chi connectivity index (χ1n) is 9.08. The van der Waals surface area contributed by atoms with Gasteiger partial charge in [-0.3, -0.25) is 4.79 Å². The summed E-state index contributed by atoms with van der Waals surface area (Å²) in [6.45, 7) is 2.43. The maximum Gasteiger partial charge on any atom is 0.262 e. The molecule has 0 aliphatic heterocycles. The number of nitrogens with zero attached hydrogens (tertiary/aromatic N) is 1. The zero-order valence-corrected chi connectivity index (χ0v) is 18.0. The molecule has 2 aromatic carbocycles. The number of nitriles is 1. The predicted molar refractivity (Wildman–Crippen MR) is 114 cm³/mol. The summed E-state index contributed by atoms with van der Waals surface area (Å²) in [4.78, 5) is 12.5. The molecule has 1 N–H and O–H groups in total. The van der Waals surface area contributed by atoms with E-state index in [1.54, 1.807) is 37.4 Å². The molecular formula is C22H23ClN2O5. The number of carbonyl (C=O) groups is 1. The number of halogens is 1. The molecule has 0 aliphatic rings. The smallest absolute Gasteiger partial charge is 0.262 e. The Balaban J connectivity index is 2.22. The van der Waals surface area contributed by atoms with Gasteiger partial charge < -0.3 is 24.3 Å². The largest absolute Gasteiger partial charge is 0.497 e. The Kier molecular flexibility index (Phi) is 8.39. The monoisotopic (exact) mass is 430 g/mol. The molecular weight excluding hydrogens is 408 g/mol. The number of hydrogen-bond acceptors (Lipinski definition) is 6. The summed E-state index contributed by atoms with van der Waals surface area (Å²) in [5, 5.41) is 12.5. The van der Waals surface area contributed by atoms with Gasteiger partial charge in [-0.2, -0.15) is 5.26 Å². The van der Waals surface area contributed by atoms with Crippen molar-refractivity contribution in [3.63, 3.8) is 0 Å². The predicted octanol–water partition coefficient (Wildman–Crippen LogP) is 3.99. The van der Waals surface area contributed by atoms with E-state index in [1.807, 2.05) is 13.0 Å². The van der Waals surface area contributed by atoms with Gasteiger partial charge in [0.2, 0.25) is 0 Å². The van der Waals surface area contributed by atoms with Crippen LogP contribution < -0.4 is 24.3 Å². The lowest BCUT2D eigenvalue weighted by Crippen LogP contribution is -2.24. The first-order valence-corrected chi connectivity index (χ1v) is 9.46. The van der Waals surface area contributed by atoms with Crippen LogP contribution in [0.1, 0.15) is 18.1 Å². The van der Waals surface area contributed by atoms with Crippen LogP contribution in [0.2, 0.25) is 5.02 Å². The van der Waals surface area contributed by atoms with Crippen LogP contribution in [0.4, 0.5) is 0 Å². The van der Waals surface area contributed by atoms with E-state index in [9.17, 15) is 10.1 Å². The minimum atomic E-state index is -0.528. The number of nitrogens with one attached hydrogen (secondary N) is 1. The molecule has 1 amide bonds. The molecule has 2 rings (SSSR count). The maximum absolute atomic E-state index is 12.5. The summed E-state index contributed by atoms with van der Waals surface area (Å²) in [5.41, 5.74) is 1.20. The Bertz CT molecular complexity index is 982. The van der Waals surface area contributed by atoms with E-state index in [-0.39, 0.29) is 12.1 Å². The first-order chi connectivity index (χ1) is 14.5. The second-order valence-electron chi connectivity index (χ2n) is 6.00. The number of amides is 1. The number of hydrogen-bond donors (Lipinski definition) is 1. The van der Waals surface area contributed by atoms with Crippen LogP contribution in [0.15, 0.2) is 35.9 Å². The second-order valence-corrected chi connectivity index (χ2v) is 6.40. The lowest BCUT2D eigenvalue weighted by Gasteiger charge is -2.12. The van der Waals surface area contributed by atoms with Crippen LogP contribution in [-0.4, -0.2) is 33.8 Å². The Morgan fingerprint density at radius 1 is 1.13 bits per heavy atom. The molecule has 0 spiro atoms. The molecule has 7 nitrogen and oxygen atoms in total. The zero-order chi connectivity index (χ0) is 22.1. The van der Waals surface area contributed by atoms with Gasteiger partial charge in [-0.25, -0.2) is 0 Å². The molecule has 0 saturated heterocycles. The van der Waals surface area contributed by atoms with Crippen molar-refractivity contribution in [3.8, 4) is 29.1 Å². The van der Waals surface area contributed by atoms with E-state index in [4.69, 9.17) is 30.5 Å². The first kappa shape index (κ1) is 22.9. The maximum atomic E-state index is 12.5. The number of methoxy groups -OCH3 is 3. The Morgan fingerprint density at radius 3 is 2.47 bits per heavy atom. The number of carbonyl (C=O) groups excluding carboxylic acids is 1. The standard InChI is InChI=1S/C22H23ClN2O5/c1-5-30-21-18(23)9-14(10-20(21)29-4)8-16(12-24)22(26)25-13-15-6-7-17(27-2)11-19(15)28-3/h6-11H,5,13H2,1-4H3,(H,25,26)/b16-8+. The van der Waals surface area contributed by atoms with E-state index in [0.29, 0.717) is 40.2 Å². The molecule has 0 heterocycles. The Morgan fingerprint density at radius 2 is 1.87 bits per heavy atom. The van der Waals surface area contributed by atoms with Crippen molar-refractivity contribution in [3.05, 3.63) is 52.1 Å². The number of benzene rings is 2. The minimum Gasteiger partial charge on any atom is -0.497 e. The lowest BCUT2D eigenvalue weighted by molar-refractivity contribution is -0.117. The van der Waals surface area contributed by atoms with Gasteiger partial charge in [-0.1, -0.05) is 11.6 Å². The SMILES string of the molecule is CCOc1c(Cl)cc(/C=C(\C#N)C(=O)NCc2ccc(OC)cc2OC)cc1OC. The van der Waals surface area contributed by atoms with E-state index >= 15 is 0 Å². The summed E-state index contributed by atoms with van der Waals surface area (Å²) in [6.07, 6.45) is 1.44. The molecule has 0 radical (unpaired) electrons. The molecule has 2 aromatic rings. The van der Waals surface area contributed by atoms with Crippen LogP contribution in [0, 0.1) is 11.3 Å². The summed E-state index contributed by atoms with van der Waals surface area (Å²) >= 11 is 6.26. The van der Waals surface area contributed by atoms with Crippen molar-refractivity contribution in [2.24, 2.45) is 0 Å². The molecule has 0 unspecified atom stereocenters. The fourth-order valence-corrected chi connectivity index (χ4v) is 2.97. The molecule has 8 heteroatoms. The molecule has 0 saturated carbocycles. The van der Waals surface area contributed by atoms with Gasteiger partial charge in [0.15, 0.2) is 11.5 Å². The highest BCUT2D eigenvalue weighted by Gasteiger charge is 2.14. The quantitative estimate of drug-likeness (QED) is 0.478. The normalized spacial score (nSPS) is 10.7. The van der Waals surface area contributed by atoms with Crippen molar-refractivity contribution in [2.75, 3.05) is 27.9 Å². The molecule has 30 heavy (non-hydrogen) atoms. The van der Waals surface area contributed by atoms with Gasteiger partial charge in [0.1, 0.15) is 23.1 Å². The van der Waals surface area contributed by atoms with Crippen molar-refractivity contribution in [1.29, 1.82) is 5.26 Å². The summed E-state index contributed by atoms with van der Waals surface area (Å²) in [6, 6.07) is 10.4. The Hall–Kier alpha value is -3.37. The highest BCUT2D eigenvalue weighted by atomic mass is 35.5. The fraction of sp³-hybridized carbons (Fsp3) is 0.273. The van der Waals surface area contributed by atoms with E-state index in [1.165, 1.54) is 20.3 Å². The molecule has 0 bridgehead atoms. The second kappa shape index (κ2) is 11.0. The van der Waals surface area contributed by atoms with Gasteiger partial charge in [-0.05, 0) is 42.8 Å².